The highest BCUT2D eigenvalue weighted by Gasteiger charge is 2.73. The number of fused-ring (bicyclic) bond motifs is 3. The molecule has 8 heteroatoms. The SMILES string of the molecule is COC(=O)C1=C[C@@]2(OOC(C)(C)C)c3c(OC)cc(OC)cc3O[C@@]2(c2ccc(OC)cc2)[C@@H]1c1ccccc1. The van der Waals surface area contributed by atoms with Crippen molar-refractivity contribution in [2.75, 3.05) is 28.4 Å². The zero-order chi connectivity index (χ0) is 28.7. The number of carbonyl (C=O) groups is 1. The summed E-state index contributed by atoms with van der Waals surface area (Å²) in [5, 5.41) is 0. The highest BCUT2D eigenvalue weighted by atomic mass is 17.2. The summed E-state index contributed by atoms with van der Waals surface area (Å²) in [4.78, 5) is 26.1. The maximum Gasteiger partial charge on any atom is 0.334 e. The molecule has 5 rings (SSSR count). The number of rotatable bonds is 8. The minimum atomic E-state index is -1.48. The summed E-state index contributed by atoms with van der Waals surface area (Å²) in [7, 11) is 6.11. The van der Waals surface area contributed by atoms with Gasteiger partial charge in [-0.15, -0.1) is 0 Å². The van der Waals surface area contributed by atoms with E-state index in [9.17, 15) is 4.79 Å². The largest absolute Gasteiger partial charge is 0.497 e. The number of hydrogen-bond donors (Lipinski definition) is 0. The fraction of sp³-hybridized carbons (Fsp3) is 0.344. The molecule has 0 unspecified atom stereocenters. The average molecular weight is 547 g/mol. The lowest BCUT2D eigenvalue weighted by atomic mass is 9.69. The maximum absolute atomic E-state index is 13.5. The zero-order valence-electron chi connectivity index (χ0n) is 23.8. The van der Waals surface area contributed by atoms with Crippen LogP contribution < -0.4 is 18.9 Å². The van der Waals surface area contributed by atoms with Gasteiger partial charge in [0.15, 0.2) is 11.2 Å². The van der Waals surface area contributed by atoms with Gasteiger partial charge in [-0.3, -0.25) is 0 Å². The molecule has 1 aliphatic carbocycles. The molecular formula is C32H34O8. The van der Waals surface area contributed by atoms with E-state index in [1.165, 1.54) is 7.11 Å². The Labute approximate surface area is 234 Å². The van der Waals surface area contributed by atoms with Gasteiger partial charge in [0, 0.05) is 23.3 Å². The second-order valence-electron chi connectivity index (χ2n) is 10.7. The lowest BCUT2D eigenvalue weighted by Crippen LogP contribution is -2.51. The molecule has 1 heterocycles. The van der Waals surface area contributed by atoms with E-state index in [0.29, 0.717) is 34.1 Å². The second-order valence-corrected chi connectivity index (χ2v) is 10.7. The summed E-state index contributed by atoms with van der Waals surface area (Å²) < 4.78 is 29.3. The lowest BCUT2D eigenvalue weighted by molar-refractivity contribution is -0.416. The van der Waals surface area contributed by atoms with Crippen molar-refractivity contribution in [2.45, 2.75) is 43.5 Å². The van der Waals surface area contributed by atoms with Crippen LogP contribution in [0.2, 0.25) is 0 Å². The quantitative estimate of drug-likeness (QED) is 0.198. The number of carbonyl (C=O) groups excluding carboxylic acids is 1. The minimum absolute atomic E-state index is 0.366. The molecule has 0 fully saturated rings. The Morgan fingerprint density at radius 3 is 2.10 bits per heavy atom. The van der Waals surface area contributed by atoms with Crippen LogP contribution in [0.5, 0.6) is 23.0 Å². The molecule has 0 saturated heterocycles. The van der Waals surface area contributed by atoms with Crippen molar-refractivity contribution >= 4 is 5.97 Å². The first-order chi connectivity index (χ1) is 19.1. The van der Waals surface area contributed by atoms with Crippen LogP contribution in [0.15, 0.2) is 78.4 Å². The highest BCUT2D eigenvalue weighted by Crippen LogP contribution is 2.69. The van der Waals surface area contributed by atoms with Gasteiger partial charge in [0.2, 0.25) is 0 Å². The number of hydrogen-bond acceptors (Lipinski definition) is 8. The first-order valence-corrected chi connectivity index (χ1v) is 13.0. The van der Waals surface area contributed by atoms with Gasteiger partial charge in [-0.25, -0.2) is 14.6 Å². The van der Waals surface area contributed by atoms with E-state index in [1.807, 2.05) is 75.4 Å². The molecule has 3 aromatic carbocycles. The summed E-state index contributed by atoms with van der Waals surface area (Å²) in [5.74, 6) is 0.972. The van der Waals surface area contributed by atoms with Gasteiger partial charge in [0.25, 0.3) is 0 Å². The van der Waals surface area contributed by atoms with Gasteiger partial charge < -0.3 is 23.7 Å². The maximum atomic E-state index is 13.5. The summed E-state index contributed by atoms with van der Waals surface area (Å²) in [6.07, 6.45) is 1.76. The molecule has 0 radical (unpaired) electrons. The summed E-state index contributed by atoms with van der Waals surface area (Å²) >= 11 is 0. The van der Waals surface area contributed by atoms with Crippen LogP contribution in [-0.4, -0.2) is 40.0 Å². The van der Waals surface area contributed by atoms with Crippen molar-refractivity contribution in [3.05, 3.63) is 95.1 Å². The number of ether oxygens (including phenoxy) is 5. The standard InChI is InChI=1S/C32H34O8/c1-30(2,3)39-40-31-19-24(29(33)37-7)27(20-11-9-8-10-12-20)32(31,21-13-15-22(34-4)16-14-21)38-26-18-23(35-5)17-25(36-6)28(26)31/h8-19,27H,1-7H3/t27-,31-,32+/m1/s1. The van der Waals surface area contributed by atoms with Crippen molar-refractivity contribution in [1.82, 2.24) is 0 Å². The van der Waals surface area contributed by atoms with Crippen LogP contribution in [0.4, 0.5) is 0 Å². The lowest BCUT2D eigenvalue weighted by Gasteiger charge is -2.43. The van der Waals surface area contributed by atoms with Gasteiger partial charge in [-0.1, -0.05) is 42.5 Å². The normalized spacial score (nSPS) is 23.0. The molecule has 0 spiro atoms. The van der Waals surface area contributed by atoms with Crippen molar-refractivity contribution in [3.8, 4) is 23.0 Å². The molecule has 2 aliphatic rings. The van der Waals surface area contributed by atoms with Crippen molar-refractivity contribution < 1.29 is 38.3 Å². The van der Waals surface area contributed by atoms with E-state index in [1.54, 1.807) is 39.5 Å². The second kappa shape index (κ2) is 10.2. The third kappa shape index (κ3) is 4.19. The summed E-state index contributed by atoms with van der Waals surface area (Å²) in [6.45, 7) is 5.65. The van der Waals surface area contributed by atoms with Crippen LogP contribution in [0, 0.1) is 0 Å². The summed E-state index contributed by atoms with van der Waals surface area (Å²) in [5.41, 5.74) is -1.06. The number of methoxy groups -OCH3 is 4. The van der Waals surface area contributed by atoms with Crippen LogP contribution in [0.1, 0.15) is 43.4 Å². The molecule has 0 aromatic heterocycles. The van der Waals surface area contributed by atoms with Crippen LogP contribution >= 0.6 is 0 Å². The molecule has 210 valence electrons. The summed E-state index contributed by atoms with van der Waals surface area (Å²) in [6, 6.07) is 20.7. The molecular weight excluding hydrogens is 512 g/mol. The van der Waals surface area contributed by atoms with E-state index in [4.69, 9.17) is 33.5 Å². The minimum Gasteiger partial charge on any atom is -0.497 e. The van der Waals surface area contributed by atoms with E-state index in [-0.39, 0.29) is 0 Å². The molecule has 40 heavy (non-hydrogen) atoms. The van der Waals surface area contributed by atoms with Crippen LogP contribution in [0.3, 0.4) is 0 Å². The fourth-order valence-electron chi connectivity index (χ4n) is 5.65. The zero-order valence-corrected chi connectivity index (χ0v) is 23.8. The molecule has 0 bridgehead atoms. The topological polar surface area (TPSA) is 81.7 Å². The van der Waals surface area contributed by atoms with Gasteiger partial charge in [-0.2, -0.15) is 0 Å². The Morgan fingerprint density at radius 2 is 1.52 bits per heavy atom. The third-order valence-electron chi connectivity index (χ3n) is 7.26. The molecule has 3 aromatic rings. The van der Waals surface area contributed by atoms with Crippen LogP contribution in [-0.2, 0) is 30.5 Å². The van der Waals surface area contributed by atoms with Crippen molar-refractivity contribution in [3.63, 3.8) is 0 Å². The molecule has 8 nitrogen and oxygen atoms in total. The van der Waals surface area contributed by atoms with Gasteiger partial charge in [0.05, 0.1) is 45.5 Å². The van der Waals surface area contributed by atoms with Crippen molar-refractivity contribution in [1.29, 1.82) is 0 Å². The predicted octanol–water partition coefficient (Wildman–Crippen LogP) is 5.84. The molecule has 0 amide bonds. The number of benzene rings is 3. The Balaban J connectivity index is 1.91. The first-order valence-electron chi connectivity index (χ1n) is 13.0. The van der Waals surface area contributed by atoms with Crippen LogP contribution in [0.25, 0.3) is 0 Å². The van der Waals surface area contributed by atoms with Gasteiger partial charge in [0.1, 0.15) is 23.0 Å². The van der Waals surface area contributed by atoms with E-state index in [2.05, 4.69) is 0 Å². The van der Waals surface area contributed by atoms with E-state index < -0.39 is 28.7 Å². The van der Waals surface area contributed by atoms with E-state index in [0.717, 1.165) is 11.1 Å². The Kier molecular flexibility index (Phi) is 7.02. The molecule has 0 saturated carbocycles. The Morgan fingerprint density at radius 1 is 0.850 bits per heavy atom. The predicted molar refractivity (Wildman–Crippen MR) is 148 cm³/mol. The third-order valence-corrected chi connectivity index (χ3v) is 7.26. The monoisotopic (exact) mass is 546 g/mol. The highest BCUT2D eigenvalue weighted by molar-refractivity contribution is 5.93. The molecule has 1 aliphatic heterocycles. The van der Waals surface area contributed by atoms with Gasteiger partial charge >= 0.3 is 5.97 Å². The first kappa shape index (κ1) is 27.6. The molecule has 3 atom stereocenters. The average Bonchev–Trinajstić information content (AvgIpc) is 3.41. The smallest absolute Gasteiger partial charge is 0.334 e. The Bertz CT molecular complexity index is 1420. The number of esters is 1. The Hall–Kier alpha value is -4.01. The fourth-order valence-corrected chi connectivity index (χ4v) is 5.65. The van der Waals surface area contributed by atoms with Crippen molar-refractivity contribution in [2.24, 2.45) is 0 Å². The van der Waals surface area contributed by atoms with E-state index >= 15 is 0 Å². The van der Waals surface area contributed by atoms with Gasteiger partial charge in [-0.05, 0) is 44.5 Å². The molecule has 0 N–H and O–H groups in total.